The quantitative estimate of drug-likeness (QED) is 0.645. The average Bonchev–Trinajstić information content (AvgIpc) is 2.45. The molecule has 1 aromatic heterocycles. The zero-order valence-corrected chi connectivity index (χ0v) is 13.2. The molecule has 1 N–H and O–H groups in total. The third kappa shape index (κ3) is 3.64. The fourth-order valence-electron chi connectivity index (χ4n) is 2.22. The summed E-state index contributed by atoms with van der Waals surface area (Å²) in [5.74, 6) is 2.08. The van der Waals surface area contributed by atoms with Crippen LogP contribution in [0.2, 0.25) is 0 Å². The Morgan fingerprint density at radius 2 is 2.19 bits per heavy atom. The van der Waals surface area contributed by atoms with E-state index >= 15 is 0 Å². The molecule has 0 amide bonds. The first kappa shape index (κ1) is 15.6. The SMILES string of the molecule is CCSCC(C)Nc1ccc([N+](=O)[O-])c2cnc(C)cc12. The van der Waals surface area contributed by atoms with Crippen molar-refractivity contribution in [3.8, 4) is 0 Å². The number of nitrogens with one attached hydrogen (secondary N) is 1. The number of aromatic nitrogens is 1. The van der Waals surface area contributed by atoms with E-state index in [1.165, 1.54) is 0 Å². The lowest BCUT2D eigenvalue weighted by Gasteiger charge is -2.16. The minimum atomic E-state index is -0.362. The van der Waals surface area contributed by atoms with Gasteiger partial charge in [0.05, 0.1) is 10.3 Å². The average molecular weight is 305 g/mol. The Hall–Kier alpha value is -1.82. The maximum Gasteiger partial charge on any atom is 0.278 e. The van der Waals surface area contributed by atoms with Gasteiger partial charge in [-0.25, -0.2) is 0 Å². The Balaban J connectivity index is 2.42. The molecule has 2 aromatic rings. The molecule has 5 nitrogen and oxygen atoms in total. The highest BCUT2D eigenvalue weighted by Crippen LogP contribution is 2.31. The predicted octanol–water partition coefficient (Wildman–Crippen LogP) is 4.00. The van der Waals surface area contributed by atoms with Crippen LogP contribution in [-0.4, -0.2) is 27.5 Å². The molecule has 1 aromatic carbocycles. The van der Waals surface area contributed by atoms with E-state index in [-0.39, 0.29) is 10.6 Å². The number of hydrogen-bond donors (Lipinski definition) is 1. The van der Waals surface area contributed by atoms with E-state index < -0.39 is 0 Å². The summed E-state index contributed by atoms with van der Waals surface area (Å²) in [4.78, 5) is 15.0. The molecule has 2 rings (SSSR count). The maximum atomic E-state index is 11.1. The number of fused-ring (bicyclic) bond motifs is 1. The van der Waals surface area contributed by atoms with Crippen LogP contribution in [0.4, 0.5) is 11.4 Å². The first-order valence-electron chi connectivity index (χ1n) is 6.91. The molecule has 6 heteroatoms. The van der Waals surface area contributed by atoms with Crippen molar-refractivity contribution in [2.45, 2.75) is 26.8 Å². The van der Waals surface area contributed by atoms with Crippen LogP contribution in [0, 0.1) is 17.0 Å². The van der Waals surface area contributed by atoms with E-state index in [4.69, 9.17) is 0 Å². The van der Waals surface area contributed by atoms with E-state index in [9.17, 15) is 10.1 Å². The van der Waals surface area contributed by atoms with Crippen molar-refractivity contribution in [2.24, 2.45) is 0 Å². The van der Waals surface area contributed by atoms with E-state index in [2.05, 4.69) is 24.1 Å². The molecule has 1 heterocycles. The predicted molar refractivity (Wildman–Crippen MR) is 89.2 cm³/mol. The molecule has 0 aliphatic carbocycles. The highest BCUT2D eigenvalue weighted by molar-refractivity contribution is 7.99. The van der Waals surface area contributed by atoms with Gasteiger partial charge in [-0.2, -0.15) is 11.8 Å². The molecule has 0 aliphatic rings. The van der Waals surface area contributed by atoms with E-state index in [1.54, 1.807) is 18.3 Å². The Morgan fingerprint density at radius 1 is 1.43 bits per heavy atom. The van der Waals surface area contributed by atoms with Gasteiger partial charge in [-0.1, -0.05) is 6.92 Å². The molecule has 0 fully saturated rings. The highest BCUT2D eigenvalue weighted by atomic mass is 32.2. The summed E-state index contributed by atoms with van der Waals surface area (Å²) in [6.07, 6.45) is 1.58. The maximum absolute atomic E-state index is 11.1. The molecule has 112 valence electrons. The van der Waals surface area contributed by atoms with Gasteiger partial charge in [0.15, 0.2) is 0 Å². The topological polar surface area (TPSA) is 68.1 Å². The molecule has 0 saturated carbocycles. The second-order valence-electron chi connectivity index (χ2n) is 4.97. The highest BCUT2D eigenvalue weighted by Gasteiger charge is 2.15. The number of aryl methyl sites for hydroxylation is 1. The number of non-ortho nitro benzene ring substituents is 1. The summed E-state index contributed by atoms with van der Waals surface area (Å²) in [6, 6.07) is 5.52. The largest absolute Gasteiger partial charge is 0.381 e. The van der Waals surface area contributed by atoms with Gasteiger partial charge in [0.25, 0.3) is 5.69 Å². The van der Waals surface area contributed by atoms with Crippen molar-refractivity contribution >= 4 is 33.9 Å². The van der Waals surface area contributed by atoms with Gasteiger partial charge in [-0.15, -0.1) is 0 Å². The molecule has 0 bridgehead atoms. The number of rotatable bonds is 6. The normalized spacial score (nSPS) is 12.3. The third-order valence-electron chi connectivity index (χ3n) is 3.19. The van der Waals surface area contributed by atoms with Crippen LogP contribution in [0.1, 0.15) is 19.5 Å². The minimum Gasteiger partial charge on any atom is -0.381 e. The standard InChI is InChI=1S/C15H19N3O2S/c1-4-21-9-11(3)17-14-5-6-15(18(19)20)13-8-16-10(2)7-12(13)14/h5-8,11,17H,4,9H2,1-3H3. The van der Waals surface area contributed by atoms with Crippen LogP contribution in [0.3, 0.4) is 0 Å². The number of anilines is 1. The fourth-order valence-corrected chi connectivity index (χ4v) is 2.89. The molecular weight excluding hydrogens is 286 g/mol. The van der Waals surface area contributed by atoms with Gasteiger partial charge in [-0.3, -0.25) is 15.1 Å². The zero-order chi connectivity index (χ0) is 15.4. The van der Waals surface area contributed by atoms with Crippen molar-refractivity contribution < 1.29 is 4.92 Å². The van der Waals surface area contributed by atoms with Crippen molar-refractivity contribution in [1.29, 1.82) is 0 Å². The summed E-state index contributed by atoms with van der Waals surface area (Å²) in [5.41, 5.74) is 1.87. The van der Waals surface area contributed by atoms with Crippen molar-refractivity contribution in [2.75, 3.05) is 16.8 Å². The first-order chi connectivity index (χ1) is 10.0. The lowest BCUT2D eigenvalue weighted by atomic mass is 10.1. The molecule has 21 heavy (non-hydrogen) atoms. The van der Waals surface area contributed by atoms with Gasteiger partial charge in [0, 0.05) is 40.8 Å². The molecule has 0 radical (unpaired) electrons. The van der Waals surface area contributed by atoms with Crippen LogP contribution in [0.5, 0.6) is 0 Å². The molecular formula is C15H19N3O2S. The van der Waals surface area contributed by atoms with Crippen LogP contribution >= 0.6 is 11.8 Å². The Kier molecular flexibility index (Phi) is 5.01. The smallest absolute Gasteiger partial charge is 0.278 e. The monoisotopic (exact) mass is 305 g/mol. The lowest BCUT2D eigenvalue weighted by molar-refractivity contribution is -0.383. The minimum absolute atomic E-state index is 0.0960. The number of nitro benzene ring substituents is 1. The lowest BCUT2D eigenvalue weighted by Crippen LogP contribution is -2.18. The number of benzene rings is 1. The van der Waals surface area contributed by atoms with Crippen molar-refractivity contribution in [3.05, 3.63) is 40.2 Å². The number of thioether (sulfide) groups is 1. The molecule has 0 saturated heterocycles. The second kappa shape index (κ2) is 6.76. The Bertz CT molecular complexity index is 661. The summed E-state index contributed by atoms with van der Waals surface area (Å²) < 4.78 is 0. The van der Waals surface area contributed by atoms with Crippen molar-refractivity contribution in [3.63, 3.8) is 0 Å². The van der Waals surface area contributed by atoms with Gasteiger partial charge < -0.3 is 5.32 Å². The number of hydrogen-bond acceptors (Lipinski definition) is 5. The summed E-state index contributed by atoms with van der Waals surface area (Å²) in [7, 11) is 0. The van der Waals surface area contributed by atoms with Gasteiger partial charge >= 0.3 is 0 Å². The van der Waals surface area contributed by atoms with Crippen LogP contribution in [0.15, 0.2) is 24.4 Å². The molecule has 0 spiro atoms. The van der Waals surface area contributed by atoms with E-state index in [0.29, 0.717) is 11.4 Å². The van der Waals surface area contributed by atoms with Gasteiger partial charge in [0.1, 0.15) is 0 Å². The zero-order valence-electron chi connectivity index (χ0n) is 12.4. The number of nitro groups is 1. The first-order valence-corrected chi connectivity index (χ1v) is 8.06. The summed E-state index contributed by atoms with van der Waals surface area (Å²) >= 11 is 1.87. The number of pyridine rings is 1. The van der Waals surface area contributed by atoms with Crippen LogP contribution in [-0.2, 0) is 0 Å². The fraction of sp³-hybridized carbons (Fsp3) is 0.400. The molecule has 0 aliphatic heterocycles. The second-order valence-corrected chi connectivity index (χ2v) is 6.28. The van der Waals surface area contributed by atoms with Gasteiger partial charge in [-0.05, 0) is 31.7 Å². The summed E-state index contributed by atoms with van der Waals surface area (Å²) in [5, 5.41) is 16.0. The van der Waals surface area contributed by atoms with Crippen LogP contribution < -0.4 is 5.32 Å². The molecule has 1 atom stereocenters. The van der Waals surface area contributed by atoms with E-state index in [1.807, 2.05) is 24.8 Å². The third-order valence-corrected chi connectivity index (χ3v) is 4.33. The Labute approximate surface area is 128 Å². The van der Waals surface area contributed by atoms with E-state index in [0.717, 1.165) is 28.3 Å². The number of nitrogens with zero attached hydrogens (tertiary/aromatic N) is 2. The van der Waals surface area contributed by atoms with Crippen molar-refractivity contribution in [1.82, 2.24) is 4.98 Å². The molecule has 1 unspecified atom stereocenters. The van der Waals surface area contributed by atoms with Gasteiger partial charge in [0.2, 0.25) is 0 Å². The Morgan fingerprint density at radius 3 is 2.86 bits per heavy atom. The summed E-state index contributed by atoms with van der Waals surface area (Å²) in [6.45, 7) is 6.13. The van der Waals surface area contributed by atoms with Crippen LogP contribution in [0.25, 0.3) is 10.8 Å².